The Labute approximate surface area is 193 Å². The van der Waals surface area contributed by atoms with E-state index in [0.717, 1.165) is 26.2 Å². The van der Waals surface area contributed by atoms with E-state index in [4.69, 9.17) is 9.47 Å². The number of unbranched alkanes of at least 4 members (excludes halogenated alkanes) is 3. The van der Waals surface area contributed by atoms with Crippen LogP contribution in [0.15, 0.2) is 60.7 Å². The van der Waals surface area contributed by atoms with Gasteiger partial charge in [-0.15, -0.1) is 0 Å². The molecule has 0 amide bonds. The van der Waals surface area contributed by atoms with E-state index in [2.05, 4.69) is 88.4 Å². The highest BCUT2D eigenvalue weighted by atomic mass is 28.3. The van der Waals surface area contributed by atoms with Crippen LogP contribution in [-0.2, 0) is 9.47 Å². The van der Waals surface area contributed by atoms with Crippen LogP contribution in [0, 0.1) is 5.92 Å². The minimum absolute atomic E-state index is 0.303. The smallest absolute Gasteiger partial charge is 0.105 e. The average Bonchev–Trinajstić information content (AvgIpc) is 2.80. The molecule has 3 heteroatoms. The zero-order valence-electron chi connectivity index (χ0n) is 20.3. The molecule has 0 N–H and O–H groups in total. The van der Waals surface area contributed by atoms with Gasteiger partial charge < -0.3 is 9.47 Å². The van der Waals surface area contributed by atoms with E-state index in [0.29, 0.717) is 17.6 Å². The van der Waals surface area contributed by atoms with Crippen LogP contribution < -0.4 is 10.4 Å². The zero-order chi connectivity index (χ0) is 22.3. The van der Waals surface area contributed by atoms with Crippen molar-refractivity contribution < 1.29 is 9.47 Å². The predicted octanol–water partition coefficient (Wildman–Crippen LogP) is 5.84. The summed E-state index contributed by atoms with van der Waals surface area (Å²) in [6.07, 6.45) is 7.79. The first kappa shape index (κ1) is 25.8. The molecule has 0 bridgehead atoms. The van der Waals surface area contributed by atoms with E-state index in [-0.39, 0.29) is 0 Å². The van der Waals surface area contributed by atoms with Gasteiger partial charge in [0.05, 0.1) is 12.7 Å². The van der Waals surface area contributed by atoms with Gasteiger partial charge in [0.15, 0.2) is 0 Å². The summed E-state index contributed by atoms with van der Waals surface area (Å²) in [4.78, 5) is 0. The van der Waals surface area contributed by atoms with Gasteiger partial charge in [-0.25, -0.2) is 0 Å². The standard InChI is InChI=1S/C28H44O2Si/c1-5-8-9-16-21-28(30-7-3)25(23-29-6-2)22-24(4)31(26-17-12-10-13-18-26)27-19-14-11-15-20-27/h10-15,17-20,24-25,28,31H,5-9,16,21-23H2,1-4H3. The Balaban J connectivity index is 2.20. The summed E-state index contributed by atoms with van der Waals surface area (Å²) < 4.78 is 12.3. The van der Waals surface area contributed by atoms with E-state index >= 15 is 0 Å². The van der Waals surface area contributed by atoms with Crippen molar-refractivity contribution in [2.75, 3.05) is 19.8 Å². The number of ether oxygens (including phenoxy) is 2. The molecule has 172 valence electrons. The summed E-state index contributed by atoms with van der Waals surface area (Å²) in [5.41, 5.74) is 0.633. The maximum absolute atomic E-state index is 6.31. The third-order valence-electron chi connectivity index (χ3n) is 6.35. The molecule has 0 radical (unpaired) electrons. The topological polar surface area (TPSA) is 18.5 Å². The minimum atomic E-state index is -1.35. The van der Waals surface area contributed by atoms with Gasteiger partial charge in [0.1, 0.15) is 8.80 Å². The lowest BCUT2D eigenvalue weighted by molar-refractivity contribution is -0.0245. The second-order valence-corrected chi connectivity index (χ2v) is 12.2. The molecule has 0 spiro atoms. The van der Waals surface area contributed by atoms with E-state index in [1.54, 1.807) is 0 Å². The van der Waals surface area contributed by atoms with Crippen molar-refractivity contribution in [2.45, 2.75) is 77.9 Å². The van der Waals surface area contributed by atoms with Crippen molar-refractivity contribution in [3.63, 3.8) is 0 Å². The Morgan fingerprint density at radius 3 is 1.90 bits per heavy atom. The van der Waals surface area contributed by atoms with Gasteiger partial charge in [-0.2, -0.15) is 0 Å². The summed E-state index contributed by atoms with van der Waals surface area (Å²) in [7, 11) is -1.35. The third kappa shape index (κ3) is 8.92. The Kier molecular flexibility index (Phi) is 12.8. The monoisotopic (exact) mass is 440 g/mol. The molecule has 2 aromatic carbocycles. The summed E-state index contributed by atoms with van der Waals surface area (Å²) >= 11 is 0. The van der Waals surface area contributed by atoms with Crippen LogP contribution >= 0.6 is 0 Å². The molecular formula is C28H44O2Si. The SMILES string of the molecule is CCCCCCC(OCC)C(COCC)CC(C)[SiH](c1ccccc1)c1ccccc1. The van der Waals surface area contributed by atoms with Crippen LogP contribution in [0.2, 0.25) is 5.54 Å². The van der Waals surface area contributed by atoms with Crippen LogP contribution in [0.3, 0.4) is 0 Å². The molecule has 0 aliphatic carbocycles. The van der Waals surface area contributed by atoms with Crippen molar-refractivity contribution in [2.24, 2.45) is 5.92 Å². The fraction of sp³-hybridized carbons (Fsp3) is 0.571. The largest absolute Gasteiger partial charge is 0.381 e. The van der Waals surface area contributed by atoms with Crippen LogP contribution in [0.5, 0.6) is 0 Å². The molecule has 0 aromatic heterocycles. The molecule has 2 nitrogen and oxygen atoms in total. The highest BCUT2D eigenvalue weighted by molar-refractivity contribution is 6.86. The second kappa shape index (κ2) is 15.4. The maximum atomic E-state index is 6.31. The van der Waals surface area contributed by atoms with Crippen LogP contribution in [0.1, 0.15) is 66.2 Å². The lowest BCUT2D eigenvalue weighted by Gasteiger charge is -2.32. The molecule has 3 atom stereocenters. The van der Waals surface area contributed by atoms with Crippen molar-refractivity contribution in [1.82, 2.24) is 0 Å². The van der Waals surface area contributed by atoms with E-state index in [1.807, 2.05) is 0 Å². The second-order valence-electron chi connectivity index (χ2n) is 8.77. The summed E-state index contributed by atoms with van der Waals surface area (Å²) in [5, 5.41) is 3.07. The van der Waals surface area contributed by atoms with Crippen molar-refractivity contribution >= 4 is 19.2 Å². The van der Waals surface area contributed by atoms with Gasteiger partial charge in [0, 0.05) is 19.1 Å². The summed E-state index contributed by atoms with van der Waals surface area (Å²) in [5.74, 6) is 0.457. The lowest BCUT2D eigenvalue weighted by atomic mass is 9.93. The highest BCUT2D eigenvalue weighted by Crippen LogP contribution is 2.28. The van der Waals surface area contributed by atoms with Gasteiger partial charge in [0.25, 0.3) is 0 Å². The molecular weight excluding hydrogens is 396 g/mol. The lowest BCUT2D eigenvalue weighted by Crippen LogP contribution is -2.46. The Hall–Kier alpha value is -1.42. The molecule has 0 heterocycles. The Morgan fingerprint density at radius 1 is 0.774 bits per heavy atom. The van der Waals surface area contributed by atoms with E-state index in [1.165, 1.54) is 42.5 Å². The molecule has 2 aromatic rings. The molecule has 31 heavy (non-hydrogen) atoms. The first-order valence-corrected chi connectivity index (χ1v) is 14.3. The molecule has 0 aliphatic rings. The molecule has 0 saturated heterocycles. The van der Waals surface area contributed by atoms with Gasteiger partial charge >= 0.3 is 0 Å². The zero-order valence-corrected chi connectivity index (χ0v) is 21.4. The first-order chi connectivity index (χ1) is 15.2. The van der Waals surface area contributed by atoms with Crippen LogP contribution in [0.4, 0.5) is 0 Å². The van der Waals surface area contributed by atoms with Gasteiger partial charge in [-0.1, -0.05) is 111 Å². The molecule has 3 unspecified atom stereocenters. The van der Waals surface area contributed by atoms with Crippen molar-refractivity contribution in [1.29, 1.82) is 0 Å². The number of hydrogen-bond donors (Lipinski definition) is 0. The van der Waals surface area contributed by atoms with Crippen molar-refractivity contribution in [3.8, 4) is 0 Å². The fourth-order valence-corrected chi connectivity index (χ4v) is 8.42. The third-order valence-corrected chi connectivity index (χ3v) is 9.96. The molecule has 0 fully saturated rings. The van der Waals surface area contributed by atoms with Crippen LogP contribution in [0.25, 0.3) is 0 Å². The van der Waals surface area contributed by atoms with Crippen LogP contribution in [-0.4, -0.2) is 34.7 Å². The maximum Gasteiger partial charge on any atom is 0.105 e. The molecule has 0 saturated carbocycles. The quantitative estimate of drug-likeness (QED) is 0.241. The van der Waals surface area contributed by atoms with Gasteiger partial charge in [-0.05, 0) is 32.2 Å². The first-order valence-electron chi connectivity index (χ1n) is 12.5. The highest BCUT2D eigenvalue weighted by Gasteiger charge is 2.30. The Morgan fingerprint density at radius 2 is 1.39 bits per heavy atom. The number of benzene rings is 2. The van der Waals surface area contributed by atoms with E-state index < -0.39 is 8.80 Å². The summed E-state index contributed by atoms with van der Waals surface area (Å²) in [6, 6.07) is 22.4. The average molecular weight is 441 g/mol. The normalized spacial score (nSPS) is 14.5. The molecule has 2 rings (SSSR count). The summed E-state index contributed by atoms with van der Waals surface area (Å²) in [6.45, 7) is 11.3. The fourth-order valence-electron chi connectivity index (χ4n) is 4.82. The van der Waals surface area contributed by atoms with Gasteiger partial charge in [0.2, 0.25) is 0 Å². The number of rotatable bonds is 16. The Bertz CT molecular complexity index is 636. The minimum Gasteiger partial charge on any atom is -0.381 e. The van der Waals surface area contributed by atoms with Gasteiger partial charge in [-0.3, -0.25) is 0 Å². The van der Waals surface area contributed by atoms with E-state index in [9.17, 15) is 0 Å². The predicted molar refractivity (Wildman–Crippen MR) is 137 cm³/mol. The number of hydrogen-bond acceptors (Lipinski definition) is 2. The molecule has 0 aliphatic heterocycles. The van der Waals surface area contributed by atoms with Crippen molar-refractivity contribution in [3.05, 3.63) is 60.7 Å².